The SMILES string of the molecule is c1ccc(CN(Cc2ccccc2)C2CCC3(CC2)OCCO3)cc1. The molecule has 4 rings (SSSR count). The molecule has 2 aliphatic rings. The van der Waals surface area contributed by atoms with Crippen LogP contribution >= 0.6 is 0 Å². The van der Waals surface area contributed by atoms with Crippen molar-refractivity contribution in [3.63, 3.8) is 0 Å². The molecule has 0 atom stereocenters. The first kappa shape index (κ1) is 16.8. The van der Waals surface area contributed by atoms with Gasteiger partial charge in [-0.05, 0) is 24.0 Å². The maximum Gasteiger partial charge on any atom is 0.168 e. The maximum atomic E-state index is 5.91. The van der Waals surface area contributed by atoms with Crippen LogP contribution in [0.4, 0.5) is 0 Å². The standard InChI is InChI=1S/C22H27NO2/c1-3-7-19(8-4-1)17-23(18-20-9-5-2-6-10-20)21-11-13-22(14-12-21)24-15-16-25-22/h1-10,21H,11-18H2. The molecule has 2 fully saturated rings. The van der Waals surface area contributed by atoms with Crippen LogP contribution in [0.1, 0.15) is 36.8 Å². The van der Waals surface area contributed by atoms with Gasteiger partial charge < -0.3 is 9.47 Å². The van der Waals surface area contributed by atoms with Crippen LogP contribution < -0.4 is 0 Å². The van der Waals surface area contributed by atoms with Crippen LogP contribution in [0.5, 0.6) is 0 Å². The second-order valence-electron chi connectivity index (χ2n) is 7.21. The Morgan fingerprint density at radius 3 is 1.72 bits per heavy atom. The Bertz CT molecular complexity index is 601. The second-order valence-corrected chi connectivity index (χ2v) is 7.21. The molecule has 2 aromatic carbocycles. The summed E-state index contributed by atoms with van der Waals surface area (Å²) >= 11 is 0. The van der Waals surface area contributed by atoms with Gasteiger partial charge in [0.15, 0.2) is 5.79 Å². The fourth-order valence-corrected chi connectivity index (χ4v) is 4.14. The van der Waals surface area contributed by atoms with Gasteiger partial charge in [-0.2, -0.15) is 0 Å². The first-order valence-electron chi connectivity index (χ1n) is 9.43. The molecule has 0 amide bonds. The van der Waals surface area contributed by atoms with Gasteiger partial charge in [0, 0.05) is 32.0 Å². The molecule has 1 aliphatic heterocycles. The molecule has 3 heteroatoms. The Balaban J connectivity index is 1.47. The fourth-order valence-electron chi connectivity index (χ4n) is 4.14. The number of benzene rings is 2. The highest BCUT2D eigenvalue weighted by Crippen LogP contribution is 2.38. The van der Waals surface area contributed by atoms with E-state index in [1.807, 2.05) is 0 Å². The number of ether oxygens (including phenoxy) is 2. The van der Waals surface area contributed by atoms with E-state index in [4.69, 9.17) is 9.47 Å². The normalized spacial score (nSPS) is 20.4. The molecule has 0 bridgehead atoms. The second kappa shape index (κ2) is 7.69. The lowest BCUT2D eigenvalue weighted by atomic mass is 9.88. The molecule has 1 saturated heterocycles. The monoisotopic (exact) mass is 337 g/mol. The molecule has 0 radical (unpaired) electrons. The third-order valence-electron chi connectivity index (χ3n) is 5.50. The van der Waals surface area contributed by atoms with Gasteiger partial charge >= 0.3 is 0 Å². The molecule has 0 N–H and O–H groups in total. The van der Waals surface area contributed by atoms with Crippen molar-refractivity contribution in [1.82, 2.24) is 4.90 Å². The molecule has 1 spiro atoms. The van der Waals surface area contributed by atoms with Crippen LogP contribution in [0.2, 0.25) is 0 Å². The lowest BCUT2D eigenvalue weighted by molar-refractivity contribution is -0.184. The Labute approximate surface area is 150 Å². The zero-order valence-electron chi connectivity index (χ0n) is 14.8. The average molecular weight is 337 g/mol. The minimum Gasteiger partial charge on any atom is -0.348 e. The summed E-state index contributed by atoms with van der Waals surface area (Å²) in [5.74, 6) is -0.276. The summed E-state index contributed by atoms with van der Waals surface area (Å²) in [7, 11) is 0. The van der Waals surface area contributed by atoms with Crippen LogP contribution in [-0.2, 0) is 22.6 Å². The van der Waals surface area contributed by atoms with Gasteiger partial charge in [0.1, 0.15) is 0 Å². The number of hydrogen-bond acceptors (Lipinski definition) is 3. The van der Waals surface area contributed by atoms with Crippen LogP contribution in [0.3, 0.4) is 0 Å². The minimum absolute atomic E-state index is 0.276. The van der Waals surface area contributed by atoms with Crippen LogP contribution in [0.15, 0.2) is 60.7 Å². The van der Waals surface area contributed by atoms with Gasteiger partial charge in [-0.3, -0.25) is 4.90 Å². The highest BCUT2D eigenvalue weighted by atomic mass is 16.7. The minimum atomic E-state index is -0.276. The summed E-state index contributed by atoms with van der Waals surface area (Å²) in [5, 5.41) is 0. The molecule has 1 aliphatic carbocycles. The molecule has 25 heavy (non-hydrogen) atoms. The Kier molecular flexibility index (Phi) is 5.16. The molecule has 1 heterocycles. The van der Waals surface area contributed by atoms with Gasteiger partial charge in [0.05, 0.1) is 13.2 Å². The van der Waals surface area contributed by atoms with Crippen molar-refractivity contribution in [2.24, 2.45) is 0 Å². The van der Waals surface area contributed by atoms with Gasteiger partial charge in [0.2, 0.25) is 0 Å². The first-order valence-corrected chi connectivity index (χ1v) is 9.43. The van der Waals surface area contributed by atoms with Crippen molar-refractivity contribution >= 4 is 0 Å². The molecular formula is C22H27NO2. The largest absolute Gasteiger partial charge is 0.348 e. The van der Waals surface area contributed by atoms with Crippen molar-refractivity contribution in [2.45, 2.75) is 50.6 Å². The van der Waals surface area contributed by atoms with E-state index in [0.29, 0.717) is 6.04 Å². The van der Waals surface area contributed by atoms with Crippen LogP contribution in [0, 0.1) is 0 Å². The van der Waals surface area contributed by atoms with E-state index in [-0.39, 0.29) is 5.79 Å². The lowest BCUT2D eigenvalue weighted by Crippen LogP contribution is -2.43. The van der Waals surface area contributed by atoms with E-state index >= 15 is 0 Å². The van der Waals surface area contributed by atoms with E-state index in [0.717, 1.165) is 52.0 Å². The summed E-state index contributed by atoms with van der Waals surface area (Å²) in [6.45, 7) is 3.50. The van der Waals surface area contributed by atoms with Gasteiger partial charge in [0.25, 0.3) is 0 Å². The number of nitrogens with zero attached hydrogens (tertiary/aromatic N) is 1. The molecule has 3 nitrogen and oxygen atoms in total. The molecule has 1 saturated carbocycles. The van der Waals surface area contributed by atoms with E-state index in [1.54, 1.807) is 0 Å². The fraction of sp³-hybridized carbons (Fsp3) is 0.455. The third kappa shape index (κ3) is 4.12. The highest BCUT2D eigenvalue weighted by molar-refractivity contribution is 5.17. The Morgan fingerprint density at radius 2 is 1.24 bits per heavy atom. The average Bonchev–Trinajstić information content (AvgIpc) is 3.12. The summed E-state index contributed by atoms with van der Waals surface area (Å²) < 4.78 is 11.8. The molecule has 0 unspecified atom stereocenters. The van der Waals surface area contributed by atoms with Crippen LogP contribution in [-0.4, -0.2) is 29.9 Å². The van der Waals surface area contributed by atoms with Crippen molar-refractivity contribution in [1.29, 1.82) is 0 Å². The lowest BCUT2D eigenvalue weighted by Gasteiger charge is -2.40. The van der Waals surface area contributed by atoms with Gasteiger partial charge in [-0.25, -0.2) is 0 Å². The zero-order chi connectivity index (χ0) is 17.0. The molecule has 0 aromatic heterocycles. The topological polar surface area (TPSA) is 21.7 Å². The summed E-state index contributed by atoms with van der Waals surface area (Å²) in [4.78, 5) is 2.63. The first-order chi connectivity index (χ1) is 12.3. The van der Waals surface area contributed by atoms with E-state index in [9.17, 15) is 0 Å². The molecular weight excluding hydrogens is 310 g/mol. The van der Waals surface area contributed by atoms with E-state index in [2.05, 4.69) is 65.6 Å². The van der Waals surface area contributed by atoms with Crippen molar-refractivity contribution in [3.05, 3.63) is 71.8 Å². The number of hydrogen-bond donors (Lipinski definition) is 0. The maximum absolute atomic E-state index is 5.91. The quantitative estimate of drug-likeness (QED) is 0.808. The molecule has 2 aromatic rings. The Hall–Kier alpha value is -1.68. The van der Waals surface area contributed by atoms with Crippen molar-refractivity contribution < 1.29 is 9.47 Å². The van der Waals surface area contributed by atoms with E-state index in [1.165, 1.54) is 11.1 Å². The van der Waals surface area contributed by atoms with Crippen LogP contribution in [0.25, 0.3) is 0 Å². The van der Waals surface area contributed by atoms with Crippen molar-refractivity contribution in [2.75, 3.05) is 13.2 Å². The summed E-state index contributed by atoms with van der Waals surface area (Å²) in [6.07, 6.45) is 4.30. The zero-order valence-corrected chi connectivity index (χ0v) is 14.8. The third-order valence-corrected chi connectivity index (χ3v) is 5.50. The smallest absolute Gasteiger partial charge is 0.168 e. The van der Waals surface area contributed by atoms with Crippen molar-refractivity contribution in [3.8, 4) is 0 Å². The number of rotatable bonds is 5. The highest BCUT2D eigenvalue weighted by Gasteiger charge is 2.41. The summed E-state index contributed by atoms with van der Waals surface area (Å²) in [6, 6.07) is 22.2. The van der Waals surface area contributed by atoms with E-state index < -0.39 is 0 Å². The summed E-state index contributed by atoms with van der Waals surface area (Å²) in [5.41, 5.74) is 2.76. The predicted octanol–water partition coefficient (Wildman–Crippen LogP) is 4.37. The molecule has 132 valence electrons. The predicted molar refractivity (Wildman–Crippen MR) is 99.0 cm³/mol. The Morgan fingerprint density at radius 1 is 0.760 bits per heavy atom. The van der Waals surface area contributed by atoms with Gasteiger partial charge in [-0.1, -0.05) is 60.7 Å². The van der Waals surface area contributed by atoms with Gasteiger partial charge in [-0.15, -0.1) is 0 Å².